The summed E-state index contributed by atoms with van der Waals surface area (Å²) in [6, 6.07) is 20.5. The first-order valence-corrected chi connectivity index (χ1v) is 7.35. The summed E-state index contributed by atoms with van der Waals surface area (Å²) in [6.45, 7) is 6.24. The van der Waals surface area contributed by atoms with Crippen molar-refractivity contribution in [2.24, 2.45) is 5.41 Å². The molecule has 0 heterocycles. The van der Waals surface area contributed by atoms with Crippen LogP contribution in [0.5, 0.6) is 0 Å². The van der Waals surface area contributed by atoms with Gasteiger partial charge in [0.2, 0.25) is 0 Å². The van der Waals surface area contributed by atoms with Crippen LogP contribution in [0.15, 0.2) is 60.7 Å². The van der Waals surface area contributed by atoms with Crippen LogP contribution < -0.4 is 5.32 Å². The van der Waals surface area contributed by atoms with E-state index in [9.17, 15) is 4.79 Å². The minimum absolute atomic E-state index is 0.0405. The first kappa shape index (κ1) is 15.5. The lowest BCUT2D eigenvalue weighted by Crippen LogP contribution is -2.34. The second-order valence-corrected chi connectivity index (χ2v) is 6.31. The van der Waals surface area contributed by atoms with Crippen molar-refractivity contribution in [1.82, 2.24) is 5.32 Å². The van der Waals surface area contributed by atoms with E-state index < -0.39 is 0 Å². The zero-order valence-electron chi connectivity index (χ0n) is 13.0. The second-order valence-electron chi connectivity index (χ2n) is 6.31. The van der Waals surface area contributed by atoms with Gasteiger partial charge in [0.1, 0.15) is 0 Å². The summed E-state index contributed by atoms with van der Waals surface area (Å²) in [4.78, 5) is 12.2. The van der Waals surface area contributed by atoms with Gasteiger partial charge in [-0.1, -0.05) is 81.4 Å². The van der Waals surface area contributed by atoms with Crippen LogP contribution in [0, 0.1) is 5.41 Å². The Morgan fingerprint density at radius 1 is 0.905 bits per heavy atom. The molecule has 0 saturated carbocycles. The third-order valence-electron chi connectivity index (χ3n) is 3.57. The molecular weight excluding hydrogens is 258 g/mol. The molecular formula is C19H23NO. The second kappa shape index (κ2) is 6.68. The van der Waals surface area contributed by atoms with Crippen LogP contribution in [0.4, 0.5) is 0 Å². The fourth-order valence-corrected chi connectivity index (χ4v) is 2.18. The van der Waals surface area contributed by atoms with Crippen molar-refractivity contribution >= 4 is 5.78 Å². The monoisotopic (exact) mass is 281 g/mol. The highest BCUT2D eigenvalue weighted by Crippen LogP contribution is 2.22. The summed E-state index contributed by atoms with van der Waals surface area (Å²) in [5.74, 6) is 0.222. The number of ketones is 1. The highest BCUT2D eigenvalue weighted by Gasteiger charge is 2.22. The summed E-state index contributed by atoms with van der Waals surface area (Å²) >= 11 is 0. The number of Topliss-reactive ketones (excluding diaryl/α,β-unsaturated/α-hetero) is 1. The Balaban J connectivity index is 2.20. The van der Waals surface area contributed by atoms with Crippen molar-refractivity contribution in [1.29, 1.82) is 0 Å². The van der Waals surface area contributed by atoms with Crippen LogP contribution in [0.3, 0.4) is 0 Å². The first-order chi connectivity index (χ1) is 9.98. The topological polar surface area (TPSA) is 29.1 Å². The van der Waals surface area contributed by atoms with Gasteiger partial charge < -0.3 is 0 Å². The van der Waals surface area contributed by atoms with Gasteiger partial charge in [-0.15, -0.1) is 0 Å². The third-order valence-corrected chi connectivity index (χ3v) is 3.57. The zero-order valence-corrected chi connectivity index (χ0v) is 13.0. The summed E-state index contributed by atoms with van der Waals surface area (Å²) in [5, 5.41) is 3.41. The minimum Gasteiger partial charge on any atom is -0.299 e. The van der Waals surface area contributed by atoms with E-state index >= 15 is 0 Å². The highest BCUT2D eigenvalue weighted by molar-refractivity contribution is 5.85. The van der Waals surface area contributed by atoms with Gasteiger partial charge in [0.05, 0.1) is 12.6 Å². The highest BCUT2D eigenvalue weighted by atomic mass is 16.1. The maximum Gasteiger partial charge on any atom is 0.151 e. The van der Waals surface area contributed by atoms with Crippen molar-refractivity contribution in [3.63, 3.8) is 0 Å². The van der Waals surface area contributed by atoms with Gasteiger partial charge in [-0.05, 0) is 11.1 Å². The SMILES string of the molecule is CC(C)(C)C(=O)CNC(c1ccccc1)c1ccccc1. The minimum atomic E-state index is -0.315. The van der Waals surface area contributed by atoms with Crippen molar-refractivity contribution in [3.05, 3.63) is 71.8 Å². The normalized spacial score (nSPS) is 11.6. The molecule has 0 spiro atoms. The number of carbonyl (C=O) groups excluding carboxylic acids is 1. The Bertz CT molecular complexity index is 530. The predicted octanol–water partition coefficient (Wildman–Crippen LogP) is 3.98. The molecule has 2 aromatic carbocycles. The smallest absolute Gasteiger partial charge is 0.151 e. The molecule has 0 atom stereocenters. The Morgan fingerprint density at radius 2 is 1.33 bits per heavy atom. The molecule has 21 heavy (non-hydrogen) atoms. The van der Waals surface area contributed by atoms with Crippen LogP contribution in [0.1, 0.15) is 37.9 Å². The molecule has 2 nitrogen and oxygen atoms in total. The lowest BCUT2D eigenvalue weighted by atomic mass is 9.90. The molecule has 0 bridgehead atoms. The predicted molar refractivity (Wildman–Crippen MR) is 87.2 cm³/mol. The lowest BCUT2D eigenvalue weighted by Gasteiger charge is -2.23. The van der Waals surface area contributed by atoms with Gasteiger partial charge in [-0.25, -0.2) is 0 Å². The average Bonchev–Trinajstić information content (AvgIpc) is 2.48. The summed E-state index contributed by atoms with van der Waals surface area (Å²) in [5.41, 5.74) is 2.03. The van der Waals surface area contributed by atoms with Gasteiger partial charge >= 0.3 is 0 Å². The van der Waals surface area contributed by atoms with Crippen LogP contribution in [-0.4, -0.2) is 12.3 Å². The number of rotatable bonds is 5. The molecule has 0 radical (unpaired) electrons. The van der Waals surface area contributed by atoms with E-state index in [1.165, 1.54) is 11.1 Å². The van der Waals surface area contributed by atoms with E-state index in [1.807, 2.05) is 57.2 Å². The largest absolute Gasteiger partial charge is 0.299 e. The molecule has 0 aliphatic carbocycles. The van der Waals surface area contributed by atoms with Gasteiger partial charge in [-0.3, -0.25) is 10.1 Å². The van der Waals surface area contributed by atoms with E-state index in [4.69, 9.17) is 0 Å². The van der Waals surface area contributed by atoms with Crippen molar-refractivity contribution < 1.29 is 4.79 Å². The summed E-state index contributed by atoms with van der Waals surface area (Å²) in [7, 11) is 0. The van der Waals surface area contributed by atoms with Crippen LogP contribution in [0.2, 0.25) is 0 Å². The maximum atomic E-state index is 12.2. The number of hydrogen-bond acceptors (Lipinski definition) is 2. The number of benzene rings is 2. The van der Waals surface area contributed by atoms with Gasteiger partial charge in [0, 0.05) is 5.41 Å². The number of hydrogen-bond donors (Lipinski definition) is 1. The molecule has 110 valence electrons. The first-order valence-electron chi connectivity index (χ1n) is 7.35. The zero-order chi connectivity index (χ0) is 15.3. The standard InChI is InChI=1S/C19H23NO/c1-19(2,3)17(21)14-20-18(15-10-6-4-7-11-15)16-12-8-5-9-13-16/h4-13,18,20H,14H2,1-3H3. The van der Waals surface area contributed by atoms with E-state index in [0.29, 0.717) is 6.54 Å². The van der Waals surface area contributed by atoms with E-state index in [1.54, 1.807) is 0 Å². The fraction of sp³-hybridized carbons (Fsp3) is 0.316. The molecule has 0 amide bonds. The Hall–Kier alpha value is -1.93. The van der Waals surface area contributed by atoms with Crippen molar-refractivity contribution in [2.75, 3.05) is 6.54 Å². The maximum absolute atomic E-state index is 12.2. The van der Waals surface area contributed by atoms with Crippen LogP contribution >= 0.6 is 0 Å². The third kappa shape index (κ3) is 4.27. The molecule has 0 fully saturated rings. The molecule has 0 aliphatic rings. The lowest BCUT2D eigenvalue weighted by molar-refractivity contribution is -0.125. The van der Waals surface area contributed by atoms with Crippen molar-refractivity contribution in [2.45, 2.75) is 26.8 Å². The Labute approximate surface area is 127 Å². The average molecular weight is 281 g/mol. The Morgan fingerprint density at radius 3 is 1.71 bits per heavy atom. The Kier molecular flexibility index (Phi) is 4.92. The van der Waals surface area contributed by atoms with Gasteiger partial charge in [0.25, 0.3) is 0 Å². The molecule has 0 unspecified atom stereocenters. The molecule has 1 N–H and O–H groups in total. The number of carbonyl (C=O) groups is 1. The van der Waals surface area contributed by atoms with E-state index in [0.717, 1.165) is 0 Å². The fourth-order valence-electron chi connectivity index (χ4n) is 2.18. The number of nitrogens with one attached hydrogen (secondary N) is 1. The van der Waals surface area contributed by atoms with Gasteiger partial charge in [0.15, 0.2) is 5.78 Å². The van der Waals surface area contributed by atoms with Crippen LogP contribution in [-0.2, 0) is 4.79 Å². The summed E-state index contributed by atoms with van der Waals surface area (Å²) < 4.78 is 0. The van der Waals surface area contributed by atoms with Gasteiger partial charge in [-0.2, -0.15) is 0 Å². The quantitative estimate of drug-likeness (QED) is 0.898. The summed E-state index contributed by atoms with van der Waals surface area (Å²) in [6.07, 6.45) is 0. The van der Waals surface area contributed by atoms with Crippen LogP contribution in [0.25, 0.3) is 0 Å². The van der Waals surface area contributed by atoms with E-state index in [2.05, 4.69) is 29.6 Å². The molecule has 0 aliphatic heterocycles. The molecule has 2 rings (SSSR count). The molecule has 0 aromatic heterocycles. The molecule has 0 saturated heterocycles. The molecule has 2 heteroatoms. The molecule has 2 aromatic rings. The van der Waals surface area contributed by atoms with Crippen molar-refractivity contribution in [3.8, 4) is 0 Å². The van der Waals surface area contributed by atoms with E-state index in [-0.39, 0.29) is 17.2 Å².